The van der Waals surface area contributed by atoms with E-state index in [9.17, 15) is 9.90 Å². The summed E-state index contributed by atoms with van der Waals surface area (Å²) in [5.41, 5.74) is 6.44. The maximum absolute atomic E-state index is 12.2. The molecule has 31 heavy (non-hydrogen) atoms. The van der Waals surface area contributed by atoms with Gasteiger partial charge >= 0.3 is 6.09 Å². The third kappa shape index (κ3) is 4.59. The Morgan fingerprint density at radius 3 is 2.39 bits per heavy atom. The number of amides is 1. The number of phenols is 1. The highest BCUT2D eigenvalue weighted by Gasteiger charge is 2.28. The first kappa shape index (κ1) is 21.0. The first-order valence-corrected chi connectivity index (χ1v) is 10.7. The van der Waals surface area contributed by atoms with Crippen LogP contribution >= 0.6 is 11.6 Å². The van der Waals surface area contributed by atoms with Gasteiger partial charge in [0.15, 0.2) is 0 Å². The van der Waals surface area contributed by atoms with Gasteiger partial charge in [-0.2, -0.15) is 0 Å². The number of aromatic hydroxyl groups is 1. The van der Waals surface area contributed by atoms with E-state index < -0.39 is 6.09 Å². The maximum atomic E-state index is 12.2. The van der Waals surface area contributed by atoms with Crippen LogP contribution in [-0.2, 0) is 4.74 Å². The number of halogens is 1. The van der Waals surface area contributed by atoms with Gasteiger partial charge in [-0.1, -0.05) is 72.3 Å². The van der Waals surface area contributed by atoms with Crippen molar-refractivity contribution >= 4 is 23.8 Å². The Balaban J connectivity index is 1.28. The highest BCUT2D eigenvalue weighted by molar-refractivity contribution is 6.32. The van der Waals surface area contributed by atoms with Crippen LogP contribution in [0.15, 0.2) is 66.7 Å². The van der Waals surface area contributed by atoms with E-state index in [1.165, 1.54) is 22.3 Å². The molecule has 3 aromatic rings. The number of hydrogen-bond acceptors (Lipinski definition) is 3. The zero-order valence-electron chi connectivity index (χ0n) is 17.3. The van der Waals surface area contributed by atoms with Crippen LogP contribution in [0, 0.1) is 6.92 Å². The Hall–Kier alpha value is -3.24. The second kappa shape index (κ2) is 9.27. The van der Waals surface area contributed by atoms with Gasteiger partial charge in [0.25, 0.3) is 0 Å². The molecule has 0 bridgehead atoms. The minimum Gasteiger partial charge on any atom is -0.506 e. The van der Waals surface area contributed by atoms with Crippen molar-refractivity contribution < 1.29 is 14.6 Å². The number of benzene rings is 3. The summed E-state index contributed by atoms with van der Waals surface area (Å²) in [7, 11) is 0. The lowest BCUT2D eigenvalue weighted by atomic mass is 9.98. The van der Waals surface area contributed by atoms with Gasteiger partial charge in [0.2, 0.25) is 0 Å². The van der Waals surface area contributed by atoms with Crippen molar-refractivity contribution in [2.45, 2.75) is 19.3 Å². The summed E-state index contributed by atoms with van der Waals surface area (Å²) in [4.78, 5) is 12.2. The summed E-state index contributed by atoms with van der Waals surface area (Å²) in [5.74, 6) is 0.163. The standard InChI is InChI=1S/C26H24ClNO3/c1-17-14-18(15-24(27)25(17)29)8-6-7-13-28-26(30)31-16-23-21-11-4-2-9-19(21)20-10-3-5-12-22(20)23/h2-6,8-12,14-15,23,29H,7,13,16H2,1H3,(H,28,30). The number of fused-ring (bicyclic) bond motifs is 3. The van der Waals surface area contributed by atoms with Crippen LogP contribution in [0.2, 0.25) is 5.02 Å². The van der Waals surface area contributed by atoms with E-state index in [0.29, 0.717) is 24.6 Å². The van der Waals surface area contributed by atoms with Gasteiger partial charge in [0.05, 0.1) is 5.02 Å². The van der Waals surface area contributed by atoms with Crippen molar-refractivity contribution in [3.05, 3.63) is 94.0 Å². The molecule has 3 aromatic carbocycles. The van der Waals surface area contributed by atoms with E-state index in [1.54, 1.807) is 13.0 Å². The fraction of sp³-hybridized carbons (Fsp3) is 0.192. The van der Waals surface area contributed by atoms with Crippen molar-refractivity contribution in [1.29, 1.82) is 0 Å². The van der Waals surface area contributed by atoms with Crippen LogP contribution in [-0.4, -0.2) is 24.4 Å². The number of hydrogen-bond donors (Lipinski definition) is 2. The zero-order chi connectivity index (χ0) is 21.8. The molecule has 0 heterocycles. The molecule has 0 atom stereocenters. The Morgan fingerprint density at radius 1 is 1.10 bits per heavy atom. The van der Waals surface area contributed by atoms with Gasteiger partial charge in [-0.05, 0) is 58.9 Å². The molecule has 0 saturated heterocycles. The number of phenolic OH excluding ortho intramolecular Hbond substituents is 1. The second-order valence-corrected chi connectivity index (χ2v) is 8.02. The molecule has 4 rings (SSSR count). The van der Waals surface area contributed by atoms with Crippen LogP contribution in [0.5, 0.6) is 5.75 Å². The molecule has 0 aliphatic heterocycles. The number of alkyl carbamates (subject to hydrolysis) is 1. The summed E-state index contributed by atoms with van der Waals surface area (Å²) in [5, 5.41) is 12.8. The molecule has 1 aliphatic rings. The van der Waals surface area contributed by atoms with Gasteiger partial charge in [0, 0.05) is 12.5 Å². The molecule has 4 nitrogen and oxygen atoms in total. The average Bonchev–Trinajstić information content (AvgIpc) is 3.09. The predicted octanol–water partition coefficient (Wildman–Crippen LogP) is 6.30. The van der Waals surface area contributed by atoms with E-state index in [2.05, 4.69) is 29.6 Å². The fourth-order valence-corrected chi connectivity index (χ4v) is 4.26. The SMILES string of the molecule is Cc1cc(C=CCCNC(=O)OCC2c3ccccc3-c3ccccc32)cc(Cl)c1O. The van der Waals surface area contributed by atoms with Crippen molar-refractivity contribution in [2.24, 2.45) is 0 Å². The summed E-state index contributed by atoms with van der Waals surface area (Å²) in [6, 6.07) is 20.1. The van der Waals surface area contributed by atoms with Crippen molar-refractivity contribution in [1.82, 2.24) is 5.32 Å². The number of carbonyl (C=O) groups is 1. The first-order chi connectivity index (χ1) is 15.0. The molecule has 1 amide bonds. The Kier molecular flexibility index (Phi) is 6.28. The zero-order valence-corrected chi connectivity index (χ0v) is 18.0. The lowest BCUT2D eigenvalue weighted by Crippen LogP contribution is -2.26. The van der Waals surface area contributed by atoms with E-state index in [-0.39, 0.29) is 11.7 Å². The Morgan fingerprint density at radius 2 is 1.74 bits per heavy atom. The number of ether oxygens (including phenoxy) is 1. The van der Waals surface area contributed by atoms with E-state index in [1.807, 2.05) is 42.5 Å². The molecule has 5 heteroatoms. The van der Waals surface area contributed by atoms with Gasteiger partial charge < -0.3 is 15.2 Å². The molecule has 0 radical (unpaired) electrons. The van der Waals surface area contributed by atoms with Gasteiger partial charge in [-0.3, -0.25) is 0 Å². The predicted molar refractivity (Wildman–Crippen MR) is 125 cm³/mol. The largest absolute Gasteiger partial charge is 0.506 e. The van der Waals surface area contributed by atoms with Gasteiger partial charge in [-0.15, -0.1) is 0 Å². The molecule has 0 spiro atoms. The molecule has 158 valence electrons. The molecular formula is C26H24ClNO3. The van der Waals surface area contributed by atoms with Crippen molar-refractivity contribution in [3.63, 3.8) is 0 Å². The normalized spacial score (nSPS) is 12.6. The minimum atomic E-state index is -0.418. The molecule has 0 fully saturated rings. The highest BCUT2D eigenvalue weighted by Crippen LogP contribution is 2.44. The number of aryl methyl sites for hydroxylation is 1. The van der Waals surface area contributed by atoms with Crippen LogP contribution in [0.3, 0.4) is 0 Å². The van der Waals surface area contributed by atoms with E-state index in [4.69, 9.17) is 16.3 Å². The van der Waals surface area contributed by atoms with Gasteiger partial charge in [0.1, 0.15) is 12.4 Å². The quantitative estimate of drug-likeness (QED) is 0.449. The number of nitrogens with one attached hydrogen (secondary N) is 1. The van der Waals surface area contributed by atoms with Crippen LogP contribution < -0.4 is 5.32 Å². The van der Waals surface area contributed by atoms with Crippen LogP contribution in [0.25, 0.3) is 17.2 Å². The third-order valence-electron chi connectivity index (χ3n) is 5.51. The Bertz CT molecular complexity index is 1070. The van der Waals surface area contributed by atoms with Crippen LogP contribution in [0.4, 0.5) is 4.79 Å². The fourth-order valence-electron chi connectivity index (χ4n) is 3.99. The smallest absolute Gasteiger partial charge is 0.407 e. The van der Waals surface area contributed by atoms with Crippen LogP contribution in [0.1, 0.15) is 34.6 Å². The lowest BCUT2D eigenvalue weighted by Gasteiger charge is -2.14. The highest BCUT2D eigenvalue weighted by atomic mass is 35.5. The molecule has 2 N–H and O–H groups in total. The molecule has 0 aromatic heterocycles. The van der Waals surface area contributed by atoms with Crippen molar-refractivity contribution in [3.8, 4) is 16.9 Å². The first-order valence-electron chi connectivity index (χ1n) is 10.3. The van der Waals surface area contributed by atoms with Crippen molar-refractivity contribution in [2.75, 3.05) is 13.2 Å². The summed E-state index contributed by atoms with van der Waals surface area (Å²) >= 11 is 6.00. The third-order valence-corrected chi connectivity index (χ3v) is 5.80. The molecule has 0 unspecified atom stereocenters. The number of rotatable bonds is 6. The molecule has 0 saturated carbocycles. The average molecular weight is 434 g/mol. The lowest BCUT2D eigenvalue weighted by molar-refractivity contribution is 0.143. The number of carbonyl (C=O) groups excluding carboxylic acids is 1. The summed E-state index contributed by atoms with van der Waals surface area (Å²) < 4.78 is 5.53. The monoisotopic (exact) mass is 433 g/mol. The minimum absolute atomic E-state index is 0.0560. The summed E-state index contributed by atoms with van der Waals surface area (Å²) in [6.45, 7) is 2.58. The maximum Gasteiger partial charge on any atom is 0.407 e. The summed E-state index contributed by atoms with van der Waals surface area (Å²) in [6.07, 6.45) is 4.10. The molecule has 1 aliphatic carbocycles. The second-order valence-electron chi connectivity index (χ2n) is 7.61. The van der Waals surface area contributed by atoms with Gasteiger partial charge in [-0.25, -0.2) is 4.79 Å². The molecular weight excluding hydrogens is 410 g/mol. The topological polar surface area (TPSA) is 58.6 Å². The Labute approximate surface area is 187 Å². The van der Waals surface area contributed by atoms with E-state index >= 15 is 0 Å². The van der Waals surface area contributed by atoms with E-state index in [0.717, 1.165) is 11.1 Å².